The molecule has 0 atom stereocenters. The maximum Gasteiger partial charge on any atom is 0.304 e. The third kappa shape index (κ3) is 4.35. The number of fused-ring (bicyclic) bond motifs is 1. The first kappa shape index (κ1) is 16.1. The van der Waals surface area contributed by atoms with Crippen LogP contribution in [0.15, 0.2) is 16.6 Å². The summed E-state index contributed by atoms with van der Waals surface area (Å²) in [5.41, 5.74) is 1.07. The van der Waals surface area contributed by atoms with Crippen molar-refractivity contribution in [3.63, 3.8) is 0 Å². The molecule has 0 saturated heterocycles. The molecule has 1 aliphatic heterocycles. The molecule has 1 aliphatic rings. The molecule has 0 saturated carbocycles. The molecular formula is C15H20BrNO4. The maximum absolute atomic E-state index is 10.8. The Morgan fingerprint density at radius 3 is 2.52 bits per heavy atom. The Kier molecular flexibility index (Phi) is 5.47. The number of carboxylic acid groups (broad SMARTS) is 1. The van der Waals surface area contributed by atoms with E-state index in [2.05, 4.69) is 34.7 Å². The molecule has 1 N–H and O–H groups in total. The molecular weight excluding hydrogens is 338 g/mol. The summed E-state index contributed by atoms with van der Waals surface area (Å²) in [5.74, 6) is 0.724. The average Bonchev–Trinajstić information content (AvgIpc) is 2.43. The van der Waals surface area contributed by atoms with Crippen molar-refractivity contribution in [3.05, 3.63) is 22.2 Å². The maximum atomic E-state index is 10.8. The Balaban J connectivity index is 2.14. The Labute approximate surface area is 133 Å². The molecule has 1 heterocycles. The fraction of sp³-hybridized carbons (Fsp3) is 0.533. The minimum atomic E-state index is -0.776. The summed E-state index contributed by atoms with van der Waals surface area (Å²) < 4.78 is 12.1. The number of carboxylic acids is 1. The summed E-state index contributed by atoms with van der Waals surface area (Å²) in [5, 5.41) is 8.85. The van der Waals surface area contributed by atoms with Gasteiger partial charge in [0.15, 0.2) is 11.5 Å². The van der Waals surface area contributed by atoms with Crippen LogP contribution in [0.4, 0.5) is 0 Å². The molecule has 0 amide bonds. The molecule has 0 aromatic heterocycles. The molecule has 116 valence electrons. The minimum absolute atomic E-state index is 0.139. The van der Waals surface area contributed by atoms with E-state index in [0.717, 1.165) is 21.5 Å². The third-order valence-electron chi connectivity index (χ3n) is 3.43. The van der Waals surface area contributed by atoms with Gasteiger partial charge in [-0.2, -0.15) is 0 Å². The molecule has 0 unspecified atom stereocenters. The van der Waals surface area contributed by atoms with Crippen molar-refractivity contribution in [2.45, 2.75) is 32.9 Å². The van der Waals surface area contributed by atoms with Crippen molar-refractivity contribution in [2.24, 2.45) is 0 Å². The zero-order valence-electron chi connectivity index (χ0n) is 12.3. The second-order valence-electron chi connectivity index (χ2n) is 5.30. The number of nitrogens with zero attached hydrogens (tertiary/aromatic N) is 1. The smallest absolute Gasteiger partial charge is 0.304 e. The van der Waals surface area contributed by atoms with Gasteiger partial charge in [0.1, 0.15) is 13.2 Å². The van der Waals surface area contributed by atoms with E-state index in [4.69, 9.17) is 14.6 Å². The summed E-state index contributed by atoms with van der Waals surface area (Å²) in [4.78, 5) is 12.9. The second kappa shape index (κ2) is 7.13. The van der Waals surface area contributed by atoms with E-state index in [1.54, 1.807) is 0 Å². The molecule has 1 aromatic carbocycles. The molecule has 5 nitrogen and oxygen atoms in total. The first-order valence-electron chi connectivity index (χ1n) is 7.01. The third-order valence-corrected chi connectivity index (χ3v) is 4.17. The summed E-state index contributed by atoms with van der Waals surface area (Å²) in [7, 11) is 0. The zero-order chi connectivity index (χ0) is 15.4. The topological polar surface area (TPSA) is 59.0 Å². The molecule has 0 spiro atoms. The number of benzene rings is 1. The van der Waals surface area contributed by atoms with Gasteiger partial charge in [0, 0.05) is 23.6 Å². The Morgan fingerprint density at radius 2 is 1.95 bits per heavy atom. The monoisotopic (exact) mass is 357 g/mol. The summed E-state index contributed by atoms with van der Waals surface area (Å²) in [6.45, 7) is 6.44. The number of rotatable bonds is 6. The second-order valence-corrected chi connectivity index (χ2v) is 6.15. The first-order valence-corrected chi connectivity index (χ1v) is 7.80. The summed E-state index contributed by atoms with van der Waals surface area (Å²) in [6.07, 6.45) is 0.139. The number of carbonyl (C=O) groups is 1. The van der Waals surface area contributed by atoms with E-state index < -0.39 is 5.97 Å². The van der Waals surface area contributed by atoms with E-state index in [0.29, 0.717) is 26.3 Å². The van der Waals surface area contributed by atoms with E-state index in [-0.39, 0.29) is 12.5 Å². The van der Waals surface area contributed by atoms with E-state index in [9.17, 15) is 4.79 Å². The number of halogens is 1. The van der Waals surface area contributed by atoms with Crippen LogP contribution >= 0.6 is 15.9 Å². The van der Waals surface area contributed by atoms with Gasteiger partial charge in [0.2, 0.25) is 0 Å². The average molecular weight is 358 g/mol. The molecule has 1 aromatic rings. The lowest BCUT2D eigenvalue weighted by Gasteiger charge is -2.27. The fourth-order valence-corrected chi connectivity index (χ4v) is 2.65. The van der Waals surface area contributed by atoms with Crippen LogP contribution in [0.25, 0.3) is 0 Å². The Bertz CT molecular complexity index is 519. The molecule has 6 heteroatoms. The van der Waals surface area contributed by atoms with Crippen LogP contribution in [0.2, 0.25) is 0 Å². The van der Waals surface area contributed by atoms with Crippen molar-refractivity contribution < 1.29 is 19.4 Å². The predicted octanol–water partition coefficient (Wildman–Crippen LogP) is 2.91. The highest BCUT2D eigenvalue weighted by Gasteiger charge is 2.18. The van der Waals surface area contributed by atoms with Crippen molar-refractivity contribution >= 4 is 21.9 Å². The normalized spacial score (nSPS) is 13.8. The van der Waals surface area contributed by atoms with Gasteiger partial charge in [-0.25, -0.2) is 0 Å². The summed E-state index contributed by atoms with van der Waals surface area (Å²) in [6, 6.07) is 4.15. The van der Waals surface area contributed by atoms with Gasteiger partial charge in [0.25, 0.3) is 0 Å². The number of hydrogen-bond donors (Lipinski definition) is 1. The zero-order valence-corrected chi connectivity index (χ0v) is 13.9. The minimum Gasteiger partial charge on any atom is -0.486 e. The van der Waals surface area contributed by atoms with E-state index in [1.807, 2.05) is 12.1 Å². The van der Waals surface area contributed by atoms with Crippen LogP contribution in [-0.2, 0) is 11.3 Å². The lowest BCUT2D eigenvalue weighted by molar-refractivity contribution is -0.137. The molecule has 0 fully saturated rings. The van der Waals surface area contributed by atoms with Crippen LogP contribution in [0.5, 0.6) is 11.5 Å². The van der Waals surface area contributed by atoms with Crippen molar-refractivity contribution in [3.8, 4) is 11.5 Å². The predicted molar refractivity (Wildman–Crippen MR) is 82.9 cm³/mol. The van der Waals surface area contributed by atoms with Gasteiger partial charge >= 0.3 is 5.97 Å². The van der Waals surface area contributed by atoms with E-state index >= 15 is 0 Å². The van der Waals surface area contributed by atoms with Gasteiger partial charge < -0.3 is 14.6 Å². The van der Waals surface area contributed by atoms with Crippen LogP contribution < -0.4 is 9.47 Å². The van der Waals surface area contributed by atoms with Gasteiger partial charge in [-0.3, -0.25) is 9.69 Å². The molecule has 0 radical (unpaired) electrons. The molecule has 2 rings (SSSR count). The van der Waals surface area contributed by atoms with Crippen LogP contribution in [0, 0.1) is 0 Å². The molecule has 21 heavy (non-hydrogen) atoms. The largest absolute Gasteiger partial charge is 0.486 e. The fourth-order valence-electron chi connectivity index (χ4n) is 2.21. The van der Waals surface area contributed by atoms with Crippen molar-refractivity contribution in [1.29, 1.82) is 0 Å². The highest BCUT2D eigenvalue weighted by Crippen LogP contribution is 2.36. The summed E-state index contributed by atoms with van der Waals surface area (Å²) >= 11 is 3.55. The van der Waals surface area contributed by atoms with E-state index in [1.165, 1.54) is 0 Å². The van der Waals surface area contributed by atoms with Crippen LogP contribution in [-0.4, -0.2) is 41.8 Å². The van der Waals surface area contributed by atoms with Gasteiger partial charge in [-0.15, -0.1) is 0 Å². The first-order chi connectivity index (χ1) is 9.97. The Morgan fingerprint density at radius 1 is 1.33 bits per heavy atom. The number of ether oxygens (including phenoxy) is 2. The van der Waals surface area contributed by atoms with Gasteiger partial charge in [-0.1, -0.05) is 15.9 Å². The van der Waals surface area contributed by atoms with Gasteiger partial charge in [0.05, 0.1) is 6.42 Å². The molecule has 0 bridgehead atoms. The Hall–Kier alpha value is -1.27. The SMILES string of the molecule is CC(C)N(CCC(=O)O)Cc1cc2c(cc1Br)OCCO2. The van der Waals surface area contributed by atoms with Crippen molar-refractivity contribution in [1.82, 2.24) is 4.90 Å². The number of hydrogen-bond acceptors (Lipinski definition) is 4. The molecule has 0 aliphatic carbocycles. The van der Waals surface area contributed by atoms with Crippen LogP contribution in [0.1, 0.15) is 25.8 Å². The standard InChI is InChI=1S/C15H20BrNO4/c1-10(2)17(4-3-15(18)19)9-11-7-13-14(8-12(11)16)21-6-5-20-13/h7-8,10H,3-6,9H2,1-2H3,(H,18,19). The van der Waals surface area contributed by atoms with Crippen LogP contribution in [0.3, 0.4) is 0 Å². The highest BCUT2D eigenvalue weighted by atomic mass is 79.9. The lowest BCUT2D eigenvalue weighted by atomic mass is 10.1. The number of aliphatic carboxylic acids is 1. The van der Waals surface area contributed by atoms with Crippen molar-refractivity contribution in [2.75, 3.05) is 19.8 Å². The highest BCUT2D eigenvalue weighted by molar-refractivity contribution is 9.10. The lowest BCUT2D eigenvalue weighted by Crippen LogP contribution is -2.32. The quantitative estimate of drug-likeness (QED) is 0.848. The van der Waals surface area contributed by atoms with Gasteiger partial charge in [-0.05, 0) is 31.5 Å².